The van der Waals surface area contributed by atoms with Gasteiger partial charge in [0.05, 0.1) is 20.0 Å². The van der Waals surface area contributed by atoms with E-state index in [4.69, 9.17) is 9.47 Å². The van der Waals surface area contributed by atoms with Gasteiger partial charge in [-0.3, -0.25) is 4.90 Å². The SMILES string of the molecule is COc1ccc(CN2CCN(S(=O)(=O)Cc3ccccc3)CC2)cc1OC. The van der Waals surface area contributed by atoms with E-state index in [1.54, 1.807) is 18.5 Å². The molecule has 0 amide bonds. The van der Waals surface area contributed by atoms with Crippen LogP contribution in [0, 0.1) is 0 Å². The third-order valence-corrected chi connectivity index (χ3v) is 6.62. The van der Waals surface area contributed by atoms with E-state index < -0.39 is 10.0 Å². The second kappa shape index (κ2) is 8.73. The molecular formula is C20H26N2O4S. The molecule has 2 aromatic rings. The summed E-state index contributed by atoms with van der Waals surface area (Å²) >= 11 is 0. The Bertz CT molecular complexity index is 848. The number of hydrogen-bond donors (Lipinski definition) is 0. The van der Waals surface area contributed by atoms with E-state index in [1.807, 2.05) is 48.5 Å². The van der Waals surface area contributed by atoms with Gasteiger partial charge in [0.1, 0.15) is 0 Å². The lowest BCUT2D eigenvalue weighted by molar-refractivity contribution is 0.181. The van der Waals surface area contributed by atoms with Crippen LogP contribution in [0.1, 0.15) is 11.1 Å². The van der Waals surface area contributed by atoms with Crippen molar-refractivity contribution in [2.75, 3.05) is 40.4 Å². The maximum Gasteiger partial charge on any atom is 0.218 e. The molecule has 1 aliphatic heterocycles. The number of rotatable bonds is 7. The fourth-order valence-corrected chi connectivity index (χ4v) is 4.80. The van der Waals surface area contributed by atoms with Crippen LogP contribution in [0.15, 0.2) is 48.5 Å². The van der Waals surface area contributed by atoms with Crippen molar-refractivity contribution < 1.29 is 17.9 Å². The molecule has 0 aliphatic carbocycles. The van der Waals surface area contributed by atoms with Crippen LogP contribution in [0.25, 0.3) is 0 Å². The first-order chi connectivity index (χ1) is 13.0. The summed E-state index contributed by atoms with van der Waals surface area (Å²) in [6.07, 6.45) is 0. The van der Waals surface area contributed by atoms with Crippen molar-refractivity contribution in [3.63, 3.8) is 0 Å². The van der Waals surface area contributed by atoms with Gasteiger partial charge in [0.25, 0.3) is 0 Å². The first-order valence-electron chi connectivity index (χ1n) is 8.97. The molecule has 27 heavy (non-hydrogen) atoms. The largest absolute Gasteiger partial charge is 0.493 e. The zero-order chi connectivity index (χ0) is 19.3. The first kappa shape index (κ1) is 19.7. The molecule has 6 nitrogen and oxygen atoms in total. The molecule has 0 N–H and O–H groups in total. The number of ether oxygens (including phenoxy) is 2. The van der Waals surface area contributed by atoms with Crippen LogP contribution in [0.3, 0.4) is 0 Å². The number of methoxy groups -OCH3 is 2. The van der Waals surface area contributed by atoms with Gasteiger partial charge in [0.2, 0.25) is 10.0 Å². The lowest BCUT2D eigenvalue weighted by Gasteiger charge is -2.34. The smallest absolute Gasteiger partial charge is 0.218 e. The van der Waals surface area contributed by atoms with Crippen molar-refractivity contribution in [1.82, 2.24) is 9.21 Å². The molecule has 0 bridgehead atoms. The lowest BCUT2D eigenvalue weighted by Crippen LogP contribution is -2.48. The molecule has 1 fully saturated rings. The Morgan fingerprint density at radius 1 is 0.852 bits per heavy atom. The highest BCUT2D eigenvalue weighted by Crippen LogP contribution is 2.28. The Balaban J connectivity index is 1.57. The maximum atomic E-state index is 12.7. The third kappa shape index (κ3) is 5.00. The van der Waals surface area contributed by atoms with Crippen LogP contribution in [0.4, 0.5) is 0 Å². The van der Waals surface area contributed by atoms with Gasteiger partial charge in [-0.05, 0) is 23.3 Å². The van der Waals surface area contributed by atoms with Crippen molar-refractivity contribution in [1.29, 1.82) is 0 Å². The van der Waals surface area contributed by atoms with Crippen LogP contribution in [-0.4, -0.2) is 58.0 Å². The van der Waals surface area contributed by atoms with Crippen LogP contribution in [0.2, 0.25) is 0 Å². The highest BCUT2D eigenvalue weighted by atomic mass is 32.2. The summed E-state index contributed by atoms with van der Waals surface area (Å²) in [6, 6.07) is 15.2. The molecule has 0 aromatic heterocycles. The molecule has 1 heterocycles. The molecule has 146 valence electrons. The molecule has 0 saturated carbocycles. The standard InChI is InChI=1S/C20H26N2O4S/c1-25-19-9-8-18(14-20(19)26-2)15-21-10-12-22(13-11-21)27(23,24)16-17-6-4-3-5-7-17/h3-9,14H,10-13,15-16H2,1-2H3. The average molecular weight is 391 g/mol. The number of benzene rings is 2. The average Bonchev–Trinajstić information content (AvgIpc) is 2.68. The van der Waals surface area contributed by atoms with E-state index in [0.717, 1.165) is 17.7 Å². The van der Waals surface area contributed by atoms with Gasteiger partial charge < -0.3 is 9.47 Å². The number of sulfonamides is 1. The van der Waals surface area contributed by atoms with E-state index in [2.05, 4.69) is 4.90 Å². The Kier molecular flexibility index (Phi) is 6.36. The minimum Gasteiger partial charge on any atom is -0.493 e. The van der Waals surface area contributed by atoms with Gasteiger partial charge >= 0.3 is 0 Å². The number of piperazine rings is 1. The van der Waals surface area contributed by atoms with Crippen LogP contribution in [0.5, 0.6) is 11.5 Å². The Morgan fingerprint density at radius 2 is 1.52 bits per heavy atom. The summed E-state index contributed by atoms with van der Waals surface area (Å²) in [7, 11) is -0.0415. The maximum absolute atomic E-state index is 12.7. The molecule has 0 radical (unpaired) electrons. The molecule has 0 spiro atoms. The minimum absolute atomic E-state index is 0.0590. The molecule has 7 heteroatoms. The quantitative estimate of drug-likeness (QED) is 0.726. The summed E-state index contributed by atoms with van der Waals surface area (Å²) < 4.78 is 37.5. The normalized spacial score (nSPS) is 16.2. The molecule has 0 atom stereocenters. The number of hydrogen-bond acceptors (Lipinski definition) is 5. The molecule has 1 saturated heterocycles. The fraction of sp³-hybridized carbons (Fsp3) is 0.400. The highest BCUT2D eigenvalue weighted by molar-refractivity contribution is 7.88. The molecule has 1 aliphatic rings. The summed E-state index contributed by atoms with van der Waals surface area (Å²) in [4.78, 5) is 2.26. The van der Waals surface area contributed by atoms with E-state index in [9.17, 15) is 8.42 Å². The minimum atomic E-state index is -3.28. The third-order valence-electron chi connectivity index (χ3n) is 4.77. The first-order valence-corrected chi connectivity index (χ1v) is 10.6. The van der Waals surface area contributed by atoms with Crippen molar-refractivity contribution in [2.24, 2.45) is 0 Å². The van der Waals surface area contributed by atoms with Gasteiger partial charge in [-0.15, -0.1) is 0 Å². The monoisotopic (exact) mass is 390 g/mol. The van der Waals surface area contributed by atoms with Crippen molar-refractivity contribution in [2.45, 2.75) is 12.3 Å². The van der Waals surface area contributed by atoms with Crippen LogP contribution in [-0.2, 0) is 22.3 Å². The number of nitrogens with zero attached hydrogens (tertiary/aromatic N) is 2. The Hall–Kier alpha value is -2.09. The Labute approximate surface area is 161 Å². The second-order valence-electron chi connectivity index (χ2n) is 6.61. The topological polar surface area (TPSA) is 59.1 Å². The zero-order valence-corrected chi connectivity index (χ0v) is 16.6. The van der Waals surface area contributed by atoms with Gasteiger partial charge in [-0.2, -0.15) is 4.31 Å². The van der Waals surface area contributed by atoms with Crippen molar-refractivity contribution in [3.05, 3.63) is 59.7 Å². The highest BCUT2D eigenvalue weighted by Gasteiger charge is 2.27. The van der Waals surface area contributed by atoms with Crippen LogP contribution < -0.4 is 9.47 Å². The molecular weight excluding hydrogens is 364 g/mol. The van der Waals surface area contributed by atoms with E-state index >= 15 is 0 Å². The predicted octanol–water partition coefficient (Wildman–Crippen LogP) is 2.35. The molecule has 3 rings (SSSR count). The summed E-state index contributed by atoms with van der Waals surface area (Å²) in [5, 5.41) is 0. The summed E-state index contributed by atoms with van der Waals surface area (Å²) in [5.41, 5.74) is 1.94. The summed E-state index contributed by atoms with van der Waals surface area (Å²) in [5.74, 6) is 1.47. The van der Waals surface area contributed by atoms with E-state index in [0.29, 0.717) is 37.7 Å². The van der Waals surface area contributed by atoms with E-state index in [1.165, 1.54) is 0 Å². The fourth-order valence-electron chi connectivity index (χ4n) is 3.28. The second-order valence-corrected chi connectivity index (χ2v) is 8.58. The lowest BCUT2D eigenvalue weighted by atomic mass is 10.1. The van der Waals surface area contributed by atoms with Gasteiger partial charge in [0, 0.05) is 32.7 Å². The zero-order valence-electron chi connectivity index (χ0n) is 15.8. The van der Waals surface area contributed by atoms with Gasteiger partial charge in [-0.25, -0.2) is 8.42 Å². The van der Waals surface area contributed by atoms with Gasteiger partial charge in [0.15, 0.2) is 11.5 Å². The van der Waals surface area contributed by atoms with Crippen LogP contribution >= 0.6 is 0 Å². The van der Waals surface area contributed by atoms with E-state index in [-0.39, 0.29) is 5.75 Å². The van der Waals surface area contributed by atoms with Crippen molar-refractivity contribution in [3.8, 4) is 11.5 Å². The van der Waals surface area contributed by atoms with Crippen molar-refractivity contribution >= 4 is 10.0 Å². The molecule has 0 unspecified atom stereocenters. The Morgan fingerprint density at radius 3 is 2.15 bits per heavy atom. The predicted molar refractivity (Wildman–Crippen MR) is 105 cm³/mol. The summed E-state index contributed by atoms with van der Waals surface area (Å²) in [6.45, 7) is 3.21. The molecule has 2 aromatic carbocycles. The van der Waals surface area contributed by atoms with Gasteiger partial charge in [-0.1, -0.05) is 36.4 Å².